The Hall–Kier alpha value is -1.46. The van der Waals surface area contributed by atoms with Gasteiger partial charge in [-0.15, -0.1) is 0 Å². The maximum absolute atomic E-state index is 12.2. The third-order valence-corrected chi connectivity index (χ3v) is 4.19. The number of carbonyl (C=O) groups is 1. The summed E-state index contributed by atoms with van der Waals surface area (Å²) in [5.74, 6) is -0.143. The first-order chi connectivity index (χ1) is 9.58. The number of carbonyl (C=O) groups excluding carboxylic acids is 1. The van der Waals surface area contributed by atoms with E-state index in [2.05, 4.69) is 12.4 Å². The second kappa shape index (κ2) is 6.81. The molecule has 1 aliphatic heterocycles. The predicted molar refractivity (Wildman–Crippen MR) is 83.8 cm³/mol. The van der Waals surface area contributed by atoms with Gasteiger partial charge < -0.3 is 15.1 Å². The molecule has 2 N–H and O–H groups in total. The summed E-state index contributed by atoms with van der Waals surface area (Å²) in [6.07, 6.45) is 0. The van der Waals surface area contributed by atoms with Crippen LogP contribution in [0, 0.1) is 0 Å². The van der Waals surface area contributed by atoms with Gasteiger partial charge in [0.2, 0.25) is 0 Å². The third kappa shape index (κ3) is 3.77. The molecule has 1 saturated heterocycles. The summed E-state index contributed by atoms with van der Waals surface area (Å²) in [6, 6.07) is 9.90. The summed E-state index contributed by atoms with van der Waals surface area (Å²) in [4.78, 5) is 16.1. The Kier molecular flexibility index (Phi) is 5.09. The smallest absolute Gasteiger partial charge is 0.279 e. The van der Waals surface area contributed by atoms with Crippen molar-refractivity contribution in [2.24, 2.45) is 0 Å². The minimum atomic E-state index is -0.143. The minimum absolute atomic E-state index is 0.0280. The zero-order chi connectivity index (χ0) is 14.5. The van der Waals surface area contributed by atoms with Crippen molar-refractivity contribution in [2.75, 3.05) is 33.2 Å². The molecule has 5 heteroatoms. The van der Waals surface area contributed by atoms with Gasteiger partial charge in [0.05, 0.1) is 39.3 Å². The normalized spacial score (nSPS) is 17.6. The van der Waals surface area contributed by atoms with Crippen molar-refractivity contribution in [3.63, 3.8) is 0 Å². The molecule has 0 aromatic heterocycles. The Morgan fingerprint density at radius 2 is 1.90 bits per heavy atom. The van der Waals surface area contributed by atoms with Gasteiger partial charge >= 0.3 is 0 Å². The fourth-order valence-corrected chi connectivity index (χ4v) is 2.56. The number of quaternary nitrogens is 1. The zero-order valence-corrected chi connectivity index (χ0v) is 12.9. The van der Waals surface area contributed by atoms with E-state index in [1.54, 1.807) is 0 Å². The number of nitrogens with zero attached hydrogens (tertiary/aromatic N) is 1. The van der Waals surface area contributed by atoms with Crippen molar-refractivity contribution >= 4 is 23.1 Å². The van der Waals surface area contributed by atoms with Crippen molar-refractivity contribution in [3.05, 3.63) is 35.9 Å². The first-order valence-corrected chi connectivity index (χ1v) is 7.45. The van der Waals surface area contributed by atoms with Gasteiger partial charge in [-0.1, -0.05) is 42.5 Å². The zero-order valence-electron chi connectivity index (χ0n) is 12.1. The third-order valence-electron chi connectivity index (χ3n) is 3.75. The van der Waals surface area contributed by atoms with E-state index in [0.717, 1.165) is 31.7 Å². The van der Waals surface area contributed by atoms with Crippen molar-refractivity contribution in [3.8, 4) is 0 Å². The van der Waals surface area contributed by atoms with Crippen LogP contribution in [-0.4, -0.2) is 49.0 Å². The molecule has 0 radical (unpaired) electrons. The molecule has 1 aromatic carbocycles. The van der Waals surface area contributed by atoms with Crippen molar-refractivity contribution in [1.29, 1.82) is 0 Å². The lowest BCUT2D eigenvalue weighted by atomic mass is 10.1. The van der Waals surface area contributed by atoms with E-state index in [-0.39, 0.29) is 11.9 Å². The van der Waals surface area contributed by atoms with Gasteiger partial charge in [0, 0.05) is 0 Å². The monoisotopic (exact) mass is 292 g/mol. The number of hydrogen-bond acceptors (Lipinski definition) is 2. The number of benzene rings is 1. The van der Waals surface area contributed by atoms with Gasteiger partial charge in [0.15, 0.2) is 4.99 Å². The standard InChI is InChI=1S/C15H21N3OS/c1-12(13-6-4-3-5-7-13)16-14(19)15(20)18-10-8-17(2)9-11-18/h3-7,12H,8-11H2,1-2H3,(H,16,19)/p+1/t12-/m0/s1. The topological polar surface area (TPSA) is 36.8 Å². The predicted octanol–water partition coefficient (Wildman–Crippen LogP) is 0.0215. The molecule has 0 unspecified atom stereocenters. The van der Waals surface area contributed by atoms with Gasteiger partial charge in [0.1, 0.15) is 0 Å². The number of rotatable bonds is 2. The van der Waals surface area contributed by atoms with Crippen LogP contribution in [-0.2, 0) is 4.79 Å². The van der Waals surface area contributed by atoms with Crippen LogP contribution in [0.2, 0.25) is 0 Å². The maximum atomic E-state index is 12.2. The molecule has 0 saturated carbocycles. The fraction of sp³-hybridized carbons (Fsp3) is 0.467. The quantitative estimate of drug-likeness (QED) is 0.755. The lowest BCUT2D eigenvalue weighted by Crippen LogP contribution is -3.12. The van der Waals surface area contributed by atoms with Gasteiger partial charge in [0.25, 0.3) is 5.91 Å². The van der Waals surface area contributed by atoms with E-state index >= 15 is 0 Å². The van der Waals surface area contributed by atoms with Crippen molar-refractivity contribution in [1.82, 2.24) is 10.2 Å². The highest BCUT2D eigenvalue weighted by atomic mass is 32.1. The summed E-state index contributed by atoms with van der Waals surface area (Å²) in [5.41, 5.74) is 1.09. The average Bonchev–Trinajstić information content (AvgIpc) is 2.48. The number of likely N-dealkylation sites (N-methyl/N-ethyl adjacent to an activating group) is 1. The van der Waals surface area contributed by atoms with Crippen molar-refractivity contribution in [2.45, 2.75) is 13.0 Å². The average molecular weight is 292 g/mol. The van der Waals surface area contributed by atoms with E-state index in [1.165, 1.54) is 4.90 Å². The van der Waals surface area contributed by atoms with E-state index in [1.807, 2.05) is 42.2 Å². The number of thiocarbonyl (C=S) groups is 1. The molecular weight excluding hydrogens is 270 g/mol. The largest absolute Gasteiger partial charge is 0.347 e. The fourth-order valence-electron chi connectivity index (χ4n) is 2.32. The van der Waals surface area contributed by atoms with Crippen LogP contribution in [0.15, 0.2) is 30.3 Å². The highest BCUT2D eigenvalue weighted by Crippen LogP contribution is 2.11. The van der Waals surface area contributed by atoms with Crippen LogP contribution >= 0.6 is 12.2 Å². The Balaban J connectivity index is 1.90. The summed E-state index contributed by atoms with van der Waals surface area (Å²) in [5, 5.41) is 2.98. The Labute approximate surface area is 125 Å². The first kappa shape index (κ1) is 14.9. The lowest BCUT2D eigenvalue weighted by Gasteiger charge is -2.31. The second-order valence-electron chi connectivity index (χ2n) is 5.36. The Morgan fingerprint density at radius 3 is 2.50 bits per heavy atom. The molecule has 20 heavy (non-hydrogen) atoms. The summed E-state index contributed by atoms with van der Waals surface area (Å²) >= 11 is 5.31. The van der Waals surface area contributed by atoms with Crippen LogP contribution in [0.3, 0.4) is 0 Å². The Morgan fingerprint density at radius 1 is 1.30 bits per heavy atom. The lowest BCUT2D eigenvalue weighted by molar-refractivity contribution is -0.883. The summed E-state index contributed by atoms with van der Waals surface area (Å²) in [6.45, 7) is 5.75. The molecule has 2 rings (SSSR count). The highest BCUT2D eigenvalue weighted by molar-refractivity contribution is 7.82. The summed E-state index contributed by atoms with van der Waals surface area (Å²) < 4.78 is 0. The molecule has 1 aromatic rings. The SMILES string of the molecule is C[C@H](NC(=O)C(=S)N1CC[NH+](C)CC1)c1ccccc1. The maximum Gasteiger partial charge on any atom is 0.279 e. The van der Waals surface area contributed by atoms with Crippen LogP contribution in [0.4, 0.5) is 0 Å². The Bertz CT molecular complexity index is 469. The summed E-state index contributed by atoms with van der Waals surface area (Å²) in [7, 11) is 2.16. The van der Waals surface area contributed by atoms with Crippen LogP contribution < -0.4 is 10.2 Å². The molecule has 1 heterocycles. The van der Waals surface area contributed by atoms with Gasteiger partial charge in [-0.25, -0.2) is 0 Å². The number of nitrogens with one attached hydrogen (secondary N) is 2. The van der Waals surface area contributed by atoms with E-state index in [4.69, 9.17) is 12.2 Å². The van der Waals surface area contributed by atoms with Crippen LogP contribution in [0.1, 0.15) is 18.5 Å². The highest BCUT2D eigenvalue weighted by Gasteiger charge is 2.24. The van der Waals surface area contributed by atoms with Crippen LogP contribution in [0.5, 0.6) is 0 Å². The van der Waals surface area contributed by atoms with Gasteiger partial charge in [-0.3, -0.25) is 4.79 Å². The molecule has 0 spiro atoms. The molecule has 1 aliphatic rings. The molecule has 1 fully saturated rings. The van der Waals surface area contributed by atoms with Gasteiger partial charge in [-0.2, -0.15) is 0 Å². The molecule has 0 aliphatic carbocycles. The first-order valence-electron chi connectivity index (χ1n) is 7.04. The number of amides is 1. The molecule has 108 valence electrons. The number of piperazine rings is 1. The molecule has 0 bridgehead atoms. The molecule has 1 amide bonds. The molecule has 1 atom stereocenters. The second-order valence-corrected chi connectivity index (χ2v) is 5.74. The molecular formula is C15H22N3OS+. The van der Waals surface area contributed by atoms with E-state index in [9.17, 15) is 4.79 Å². The number of hydrogen-bond donors (Lipinski definition) is 2. The van der Waals surface area contributed by atoms with E-state index in [0.29, 0.717) is 4.99 Å². The molecule has 4 nitrogen and oxygen atoms in total. The van der Waals surface area contributed by atoms with Gasteiger partial charge in [-0.05, 0) is 12.5 Å². The minimum Gasteiger partial charge on any atom is -0.347 e. The van der Waals surface area contributed by atoms with E-state index < -0.39 is 0 Å². The van der Waals surface area contributed by atoms with Crippen LogP contribution in [0.25, 0.3) is 0 Å². The van der Waals surface area contributed by atoms with Crippen molar-refractivity contribution < 1.29 is 9.69 Å².